The Hall–Kier alpha value is -0.0400. The van der Waals surface area contributed by atoms with Crippen LogP contribution in [0.1, 0.15) is 33.1 Å². The molecule has 1 fully saturated rings. The van der Waals surface area contributed by atoms with Crippen molar-refractivity contribution in [3.05, 3.63) is 0 Å². The van der Waals surface area contributed by atoms with Gasteiger partial charge in [-0.3, -0.25) is 0 Å². The lowest BCUT2D eigenvalue weighted by atomic mass is 9.82. The van der Waals surface area contributed by atoms with Crippen LogP contribution in [0.5, 0.6) is 0 Å². The van der Waals surface area contributed by atoms with Gasteiger partial charge in [0.25, 0.3) is 0 Å². The van der Waals surface area contributed by atoms with Gasteiger partial charge in [0, 0.05) is 0 Å². The van der Waals surface area contributed by atoms with E-state index in [0.29, 0.717) is 0 Å². The zero-order chi connectivity index (χ0) is 6.85. The van der Waals surface area contributed by atoms with Crippen LogP contribution in [0.15, 0.2) is 0 Å². The highest BCUT2D eigenvalue weighted by atomic mass is 16.3. The molecule has 0 unspecified atom stereocenters. The molecular weight excluding hydrogens is 112 g/mol. The summed E-state index contributed by atoms with van der Waals surface area (Å²) in [5.74, 6) is 1.48. The van der Waals surface area contributed by atoms with Crippen LogP contribution in [0.25, 0.3) is 0 Å². The fraction of sp³-hybridized carbons (Fsp3) is 1.00. The minimum Gasteiger partial charge on any atom is -0.393 e. The summed E-state index contributed by atoms with van der Waals surface area (Å²) in [6.45, 7) is 4.44. The van der Waals surface area contributed by atoms with Crippen molar-refractivity contribution in [1.29, 1.82) is 0 Å². The normalized spacial score (nSPS) is 45.0. The van der Waals surface area contributed by atoms with Gasteiger partial charge in [-0.2, -0.15) is 0 Å². The minimum absolute atomic E-state index is 0.0104. The van der Waals surface area contributed by atoms with Crippen LogP contribution in [0.2, 0.25) is 0 Å². The van der Waals surface area contributed by atoms with Gasteiger partial charge < -0.3 is 5.11 Å². The average Bonchev–Trinajstić information content (AvgIpc) is 1.59. The third kappa shape index (κ3) is 1.98. The van der Waals surface area contributed by atoms with Crippen molar-refractivity contribution in [2.75, 3.05) is 0 Å². The van der Waals surface area contributed by atoms with Gasteiger partial charge in [0.05, 0.1) is 6.10 Å². The monoisotopic (exact) mass is 128 g/mol. The van der Waals surface area contributed by atoms with Gasteiger partial charge >= 0.3 is 0 Å². The molecule has 0 radical (unpaired) electrons. The van der Waals surface area contributed by atoms with E-state index in [9.17, 15) is 5.11 Å². The van der Waals surface area contributed by atoms with Gasteiger partial charge in [0.15, 0.2) is 0 Å². The lowest BCUT2D eigenvalue weighted by Gasteiger charge is -2.27. The zero-order valence-corrected chi connectivity index (χ0v) is 6.30. The Labute approximate surface area is 57.1 Å². The highest BCUT2D eigenvalue weighted by Gasteiger charge is 2.21. The van der Waals surface area contributed by atoms with Crippen LogP contribution >= 0.6 is 0 Å². The topological polar surface area (TPSA) is 20.2 Å². The molecule has 0 amide bonds. The Bertz CT molecular complexity index is 65.5. The van der Waals surface area contributed by atoms with Gasteiger partial charge in [-0.25, -0.2) is 0 Å². The third-order valence-corrected chi connectivity index (χ3v) is 2.15. The number of aliphatic hydroxyl groups excluding tert-OH is 1. The van der Waals surface area contributed by atoms with E-state index in [1.165, 1.54) is 6.42 Å². The van der Waals surface area contributed by atoms with E-state index in [0.717, 1.165) is 24.7 Å². The molecule has 1 rings (SSSR count). The molecular formula is C8H16O. The summed E-state index contributed by atoms with van der Waals surface area (Å²) in [5, 5.41) is 9.25. The summed E-state index contributed by atoms with van der Waals surface area (Å²) in [5.41, 5.74) is 0. The van der Waals surface area contributed by atoms with E-state index in [4.69, 9.17) is 0 Å². The van der Waals surface area contributed by atoms with Crippen molar-refractivity contribution in [1.82, 2.24) is 0 Å². The Morgan fingerprint density at radius 1 is 1.00 bits per heavy atom. The van der Waals surface area contributed by atoms with E-state index in [1.54, 1.807) is 0 Å². The fourth-order valence-electron chi connectivity index (χ4n) is 1.90. The highest BCUT2D eigenvalue weighted by Crippen LogP contribution is 2.27. The van der Waals surface area contributed by atoms with Crippen molar-refractivity contribution in [3.8, 4) is 0 Å². The predicted octanol–water partition coefficient (Wildman–Crippen LogP) is 1.80. The molecule has 0 saturated heterocycles. The summed E-state index contributed by atoms with van der Waals surface area (Å²) in [7, 11) is 0. The number of rotatable bonds is 0. The molecule has 0 spiro atoms. The summed E-state index contributed by atoms with van der Waals surface area (Å²) in [6.07, 6.45) is 3.33. The summed E-state index contributed by atoms with van der Waals surface area (Å²) in [6, 6.07) is 0. The molecule has 9 heavy (non-hydrogen) atoms. The first-order valence-corrected chi connectivity index (χ1v) is 3.86. The first kappa shape index (κ1) is 7.07. The number of hydrogen-bond donors (Lipinski definition) is 1. The van der Waals surface area contributed by atoms with E-state index in [-0.39, 0.29) is 6.10 Å². The molecule has 0 heterocycles. The highest BCUT2D eigenvalue weighted by molar-refractivity contribution is 4.73. The molecule has 0 aliphatic heterocycles. The number of aliphatic hydroxyl groups is 1. The SMILES string of the molecule is C[C@@H]1C[C@H](C)C[C@H](O)C1. The van der Waals surface area contributed by atoms with Crippen LogP contribution in [-0.4, -0.2) is 11.2 Å². The van der Waals surface area contributed by atoms with Gasteiger partial charge in [0.2, 0.25) is 0 Å². The van der Waals surface area contributed by atoms with Crippen LogP contribution in [-0.2, 0) is 0 Å². The van der Waals surface area contributed by atoms with Crippen molar-refractivity contribution in [2.45, 2.75) is 39.2 Å². The summed E-state index contributed by atoms with van der Waals surface area (Å²) in [4.78, 5) is 0. The van der Waals surface area contributed by atoms with Crippen molar-refractivity contribution in [3.63, 3.8) is 0 Å². The summed E-state index contributed by atoms with van der Waals surface area (Å²) < 4.78 is 0. The van der Waals surface area contributed by atoms with Crippen LogP contribution in [0.4, 0.5) is 0 Å². The Morgan fingerprint density at radius 2 is 1.44 bits per heavy atom. The van der Waals surface area contributed by atoms with E-state index < -0.39 is 0 Å². The maximum Gasteiger partial charge on any atom is 0.0545 e. The van der Waals surface area contributed by atoms with Crippen molar-refractivity contribution < 1.29 is 5.11 Å². The Kier molecular flexibility index (Phi) is 2.12. The molecule has 1 aliphatic carbocycles. The molecule has 0 aromatic rings. The van der Waals surface area contributed by atoms with Crippen molar-refractivity contribution in [2.24, 2.45) is 11.8 Å². The standard InChI is InChI=1S/C8H16O/c1-6-3-7(2)5-8(9)4-6/h6-9H,3-5H2,1-2H3/t6-,7+,8-. The molecule has 1 heteroatoms. The molecule has 3 atom stereocenters. The molecule has 1 N–H and O–H groups in total. The zero-order valence-electron chi connectivity index (χ0n) is 6.30. The first-order valence-electron chi connectivity index (χ1n) is 3.86. The lowest BCUT2D eigenvalue weighted by Crippen LogP contribution is -2.22. The molecule has 0 aromatic heterocycles. The maximum atomic E-state index is 9.25. The Balaban J connectivity index is 2.34. The lowest BCUT2D eigenvalue weighted by molar-refractivity contribution is 0.0804. The van der Waals surface area contributed by atoms with Crippen LogP contribution in [0, 0.1) is 11.8 Å². The van der Waals surface area contributed by atoms with Gasteiger partial charge in [0.1, 0.15) is 0 Å². The molecule has 1 nitrogen and oxygen atoms in total. The van der Waals surface area contributed by atoms with Crippen molar-refractivity contribution >= 4 is 0 Å². The van der Waals surface area contributed by atoms with E-state index in [1.807, 2.05) is 0 Å². The van der Waals surface area contributed by atoms with Gasteiger partial charge in [-0.1, -0.05) is 13.8 Å². The maximum absolute atomic E-state index is 9.25. The second-order valence-electron chi connectivity index (χ2n) is 3.57. The Morgan fingerprint density at radius 3 is 1.78 bits per heavy atom. The molecule has 0 aromatic carbocycles. The molecule has 1 aliphatic rings. The van der Waals surface area contributed by atoms with E-state index in [2.05, 4.69) is 13.8 Å². The average molecular weight is 128 g/mol. The number of hydrogen-bond acceptors (Lipinski definition) is 1. The smallest absolute Gasteiger partial charge is 0.0545 e. The second-order valence-corrected chi connectivity index (χ2v) is 3.57. The van der Waals surface area contributed by atoms with Gasteiger partial charge in [-0.15, -0.1) is 0 Å². The summed E-state index contributed by atoms with van der Waals surface area (Å²) >= 11 is 0. The molecule has 0 bridgehead atoms. The largest absolute Gasteiger partial charge is 0.393 e. The fourth-order valence-corrected chi connectivity index (χ4v) is 1.90. The first-order chi connectivity index (χ1) is 4.18. The molecule has 1 saturated carbocycles. The molecule has 54 valence electrons. The predicted molar refractivity (Wildman–Crippen MR) is 38.2 cm³/mol. The van der Waals surface area contributed by atoms with Gasteiger partial charge in [-0.05, 0) is 31.1 Å². The van der Waals surface area contributed by atoms with Crippen LogP contribution < -0.4 is 0 Å². The quantitative estimate of drug-likeness (QED) is 0.527. The van der Waals surface area contributed by atoms with Crippen LogP contribution in [0.3, 0.4) is 0 Å². The minimum atomic E-state index is -0.0104. The van der Waals surface area contributed by atoms with E-state index >= 15 is 0 Å². The third-order valence-electron chi connectivity index (χ3n) is 2.15. The second kappa shape index (κ2) is 2.70.